The second-order valence-corrected chi connectivity index (χ2v) is 2.70. The number of aliphatic carboxylic acids is 1. The Balaban J connectivity index is 0.00000144. The molecule has 0 atom stereocenters. The van der Waals surface area contributed by atoms with Crippen LogP contribution in [-0.2, 0) is 11.2 Å². The number of carboxylic acids is 1. The van der Waals surface area contributed by atoms with Crippen molar-refractivity contribution in [1.29, 1.82) is 0 Å². The second-order valence-electron chi connectivity index (χ2n) is 2.00. The van der Waals surface area contributed by atoms with E-state index in [9.17, 15) is 9.90 Å². The predicted octanol–water partition coefficient (Wildman–Crippen LogP) is -2.92. The number of rotatable bonds is 2. The summed E-state index contributed by atoms with van der Waals surface area (Å²) in [4.78, 5) is 17.3. The van der Waals surface area contributed by atoms with Crippen LogP contribution in [0.15, 0.2) is 6.20 Å². The summed E-state index contributed by atoms with van der Waals surface area (Å²) in [7, 11) is 0. The average molecular weight is 213 g/mol. The van der Waals surface area contributed by atoms with E-state index in [1.165, 1.54) is 6.20 Å². The first-order valence-corrected chi connectivity index (χ1v) is 3.72. The van der Waals surface area contributed by atoms with Crippen molar-refractivity contribution in [2.24, 2.45) is 0 Å². The Morgan fingerprint density at radius 2 is 2.15 bits per heavy atom. The van der Waals surface area contributed by atoms with E-state index in [2.05, 4.69) is 9.97 Å². The summed E-state index contributed by atoms with van der Waals surface area (Å²) in [5, 5.41) is 10.2. The Labute approximate surface area is 96.5 Å². The van der Waals surface area contributed by atoms with Crippen LogP contribution in [0.25, 0.3) is 0 Å². The van der Waals surface area contributed by atoms with E-state index in [4.69, 9.17) is 23.2 Å². The van der Waals surface area contributed by atoms with Crippen LogP contribution in [0, 0.1) is 0 Å². The molecular weight excluding hydrogens is 210 g/mol. The fourth-order valence-corrected chi connectivity index (χ4v) is 1.01. The summed E-state index contributed by atoms with van der Waals surface area (Å²) in [6.45, 7) is 0. The zero-order valence-corrected chi connectivity index (χ0v) is 8.26. The van der Waals surface area contributed by atoms with Gasteiger partial charge in [0.15, 0.2) is 0 Å². The van der Waals surface area contributed by atoms with E-state index < -0.39 is 5.97 Å². The smallest absolute Gasteiger partial charge is 0.550 e. The van der Waals surface area contributed by atoms with E-state index in [-0.39, 0.29) is 35.7 Å². The molecule has 0 aliphatic heterocycles. The number of hydrogen-bond donors (Lipinski definition) is 0. The average Bonchev–Trinajstić information content (AvgIpc) is 1.94. The molecule has 0 aliphatic carbocycles. The fraction of sp³-hybridized carbons (Fsp3) is 0.167. The summed E-state index contributed by atoms with van der Waals surface area (Å²) in [5.74, 6) is -1.23. The quantitative estimate of drug-likeness (QED) is 0.300. The SMILES string of the molecule is O=C([O-])Cc1cnc(Cl)nc1Cl.[Li+]. The van der Waals surface area contributed by atoms with Crippen molar-refractivity contribution in [3.05, 3.63) is 22.2 Å². The fourth-order valence-electron chi connectivity index (χ4n) is 0.640. The molecule has 7 heteroatoms. The van der Waals surface area contributed by atoms with Crippen LogP contribution >= 0.6 is 23.2 Å². The molecule has 0 saturated heterocycles. The van der Waals surface area contributed by atoms with Gasteiger partial charge >= 0.3 is 18.9 Å². The maximum atomic E-state index is 10.1. The van der Waals surface area contributed by atoms with Crippen molar-refractivity contribution < 1.29 is 28.8 Å². The van der Waals surface area contributed by atoms with E-state index in [1.54, 1.807) is 0 Å². The molecule has 0 aromatic carbocycles. The van der Waals surface area contributed by atoms with Gasteiger partial charge in [0, 0.05) is 24.2 Å². The van der Waals surface area contributed by atoms with Crippen molar-refractivity contribution in [3.63, 3.8) is 0 Å². The molecule has 0 unspecified atom stereocenters. The van der Waals surface area contributed by atoms with Gasteiger partial charge in [-0.25, -0.2) is 9.97 Å². The summed E-state index contributed by atoms with van der Waals surface area (Å²) in [6, 6.07) is 0. The molecule has 1 rings (SSSR count). The van der Waals surface area contributed by atoms with Gasteiger partial charge in [0.25, 0.3) is 0 Å². The van der Waals surface area contributed by atoms with E-state index in [0.717, 1.165) is 0 Å². The molecule has 0 amide bonds. The van der Waals surface area contributed by atoms with Crippen LogP contribution in [-0.4, -0.2) is 15.9 Å². The first-order valence-electron chi connectivity index (χ1n) is 2.96. The first kappa shape index (κ1) is 12.7. The minimum absolute atomic E-state index is 0. The second kappa shape index (κ2) is 5.46. The Hall–Kier alpha value is -0.273. The molecule has 0 spiro atoms. The van der Waals surface area contributed by atoms with Gasteiger partial charge in [-0.1, -0.05) is 11.6 Å². The number of aromatic nitrogens is 2. The van der Waals surface area contributed by atoms with E-state index in [0.29, 0.717) is 5.56 Å². The van der Waals surface area contributed by atoms with Crippen molar-refractivity contribution in [3.8, 4) is 0 Å². The number of carboxylic acid groups (broad SMARTS) is 1. The molecule has 0 bridgehead atoms. The summed E-state index contributed by atoms with van der Waals surface area (Å²) >= 11 is 10.9. The van der Waals surface area contributed by atoms with Crippen LogP contribution in [0.2, 0.25) is 10.4 Å². The summed E-state index contributed by atoms with van der Waals surface area (Å²) in [5.41, 5.74) is 0.293. The molecule has 64 valence electrons. The maximum absolute atomic E-state index is 10.1. The van der Waals surface area contributed by atoms with Crippen molar-refractivity contribution in [2.75, 3.05) is 0 Å². The molecule has 1 aromatic heterocycles. The maximum Gasteiger partial charge on any atom is 1.00 e. The van der Waals surface area contributed by atoms with E-state index >= 15 is 0 Å². The zero-order chi connectivity index (χ0) is 9.14. The van der Waals surface area contributed by atoms with Gasteiger partial charge < -0.3 is 9.90 Å². The Bertz CT molecular complexity index is 322. The van der Waals surface area contributed by atoms with Crippen molar-refractivity contribution in [2.45, 2.75) is 6.42 Å². The van der Waals surface area contributed by atoms with E-state index in [1.807, 2.05) is 0 Å². The van der Waals surface area contributed by atoms with Crippen LogP contribution in [0.1, 0.15) is 5.56 Å². The van der Waals surface area contributed by atoms with Crippen molar-refractivity contribution in [1.82, 2.24) is 9.97 Å². The third-order valence-electron chi connectivity index (χ3n) is 1.12. The standard InChI is InChI=1S/C6H4Cl2N2O2.Li/c7-5-3(1-4(11)12)2-9-6(8)10-5;/h2H,1H2,(H,11,12);/q;+1/p-1. The third kappa shape index (κ3) is 3.97. The summed E-state index contributed by atoms with van der Waals surface area (Å²) < 4.78 is 0. The summed E-state index contributed by atoms with van der Waals surface area (Å²) in [6.07, 6.45) is 0.948. The Morgan fingerprint density at radius 1 is 1.54 bits per heavy atom. The third-order valence-corrected chi connectivity index (χ3v) is 1.63. The van der Waals surface area contributed by atoms with Gasteiger partial charge in [-0.3, -0.25) is 0 Å². The Morgan fingerprint density at radius 3 is 2.62 bits per heavy atom. The van der Waals surface area contributed by atoms with Gasteiger partial charge in [0.1, 0.15) is 5.15 Å². The monoisotopic (exact) mass is 212 g/mol. The molecule has 13 heavy (non-hydrogen) atoms. The molecule has 0 aliphatic rings. The van der Waals surface area contributed by atoms with Crippen molar-refractivity contribution >= 4 is 29.2 Å². The molecule has 4 nitrogen and oxygen atoms in total. The normalized spacial score (nSPS) is 9.08. The molecular formula is C6H3Cl2LiN2O2. The molecule has 0 N–H and O–H groups in total. The van der Waals surface area contributed by atoms with Gasteiger partial charge in [-0.05, 0) is 11.6 Å². The van der Waals surface area contributed by atoms with Gasteiger partial charge in [-0.15, -0.1) is 0 Å². The minimum atomic E-state index is -1.23. The number of nitrogens with zero attached hydrogens (tertiary/aromatic N) is 2. The molecule has 1 heterocycles. The number of halogens is 2. The first-order chi connectivity index (χ1) is 5.59. The van der Waals surface area contributed by atoms with Crippen LogP contribution in [0.3, 0.4) is 0 Å². The topological polar surface area (TPSA) is 65.9 Å². The predicted molar refractivity (Wildman–Crippen MR) is 40.8 cm³/mol. The Kier molecular flexibility index (Phi) is 5.34. The largest absolute Gasteiger partial charge is 1.00 e. The molecule has 0 radical (unpaired) electrons. The van der Waals surface area contributed by atoms with Crippen LogP contribution < -0.4 is 24.0 Å². The molecule has 0 saturated carbocycles. The molecule has 0 fully saturated rings. The number of carbonyl (C=O) groups excluding carboxylic acids is 1. The van der Waals surface area contributed by atoms with Gasteiger partial charge in [0.2, 0.25) is 5.28 Å². The minimum Gasteiger partial charge on any atom is -0.550 e. The van der Waals surface area contributed by atoms with Crippen LogP contribution in [0.5, 0.6) is 0 Å². The number of hydrogen-bond acceptors (Lipinski definition) is 4. The zero-order valence-electron chi connectivity index (χ0n) is 6.75. The molecule has 1 aromatic rings. The van der Waals surface area contributed by atoms with Gasteiger partial charge in [0.05, 0.1) is 0 Å². The van der Waals surface area contributed by atoms with Crippen LogP contribution in [0.4, 0.5) is 0 Å². The van der Waals surface area contributed by atoms with Gasteiger partial charge in [-0.2, -0.15) is 0 Å². The number of carbonyl (C=O) groups is 1.